The first-order chi connectivity index (χ1) is 13.0. The Bertz CT molecular complexity index is 966. The third kappa shape index (κ3) is 5.59. The number of carbonyl (C=O) groups excluding carboxylic acids is 2. The van der Waals surface area contributed by atoms with Crippen molar-refractivity contribution >= 4 is 61.7 Å². The molecular formula is C17H12BrFN4O2S2. The molecule has 6 nitrogen and oxygen atoms in total. The molecule has 27 heavy (non-hydrogen) atoms. The first kappa shape index (κ1) is 19.5. The Labute approximate surface area is 170 Å². The Morgan fingerprint density at radius 2 is 1.81 bits per heavy atom. The number of hydrogen-bond acceptors (Lipinski definition) is 6. The highest BCUT2D eigenvalue weighted by Crippen LogP contribution is 2.26. The van der Waals surface area contributed by atoms with Gasteiger partial charge in [-0.25, -0.2) is 4.39 Å². The molecule has 0 saturated carbocycles. The molecule has 1 heterocycles. The lowest BCUT2D eigenvalue weighted by molar-refractivity contribution is -0.113. The maximum absolute atomic E-state index is 13.6. The highest BCUT2D eigenvalue weighted by atomic mass is 79.9. The van der Waals surface area contributed by atoms with Gasteiger partial charge in [-0.3, -0.25) is 14.9 Å². The van der Waals surface area contributed by atoms with Gasteiger partial charge in [0.05, 0.1) is 11.3 Å². The van der Waals surface area contributed by atoms with Gasteiger partial charge in [-0.15, -0.1) is 10.2 Å². The second-order valence-corrected chi connectivity index (χ2v) is 8.27. The molecule has 3 rings (SSSR count). The molecule has 0 unspecified atom stereocenters. The highest BCUT2D eigenvalue weighted by Gasteiger charge is 2.14. The fraction of sp³-hybridized carbons (Fsp3) is 0.0588. The van der Waals surface area contributed by atoms with Gasteiger partial charge < -0.3 is 5.32 Å². The van der Waals surface area contributed by atoms with Gasteiger partial charge in [0.25, 0.3) is 5.91 Å². The van der Waals surface area contributed by atoms with E-state index < -0.39 is 11.7 Å². The van der Waals surface area contributed by atoms with E-state index in [9.17, 15) is 14.0 Å². The number of nitrogens with one attached hydrogen (secondary N) is 2. The van der Waals surface area contributed by atoms with Crippen molar-refractivity contribution in [3.8, 4) is 0 Å². The summed E-state index contributed by atoms with van der Waals surface area (Å²) in [6.07, 6.45) is 0. The van der Waals surface area contributed by atoms with E-state index in [0.29, 0.717) is 10.0 Å². The van der Waals surface area contributed by atoms with Crippen LogP contribution in [0.15, 0.2) is 57.3 Å². The number of aromatic nitrogens is 2. The van der Waals surface area contributed by atoms with E-state index in [4.69, 9.17) is 0 Å². The zero-order valence-electron chi connectivity index (χ0n) is 13.6. The second kappa shape index (κ2) is 9.07. The molecule has 0 bridgehead atoms. The van der Waals surface area contributed by atoms with Crippen molar-refractivity contribution < 1.29 is 14.0 Å². The van der Waals surface area contributed by atoms with Crippen LogP contribution < -0.4 is 10.6 Å². The summed E-state index contributed by atoms with van der Waals surface area (Å²) in [6, 6.07) is 12.9. The molecule has 0 saturated heterocycles. The van der Waals surface area contributed by atoms with Crippen LogP contribution in [0, 0.1) is 5.82 Å². The maximum atomic E-state index is 13.6. The first-order valence-electron chi connectivity index (χ1n) is 7.59. The summed E-state index contributed by atoms with van der Waals surface area (Å²) in [4.78, 5) is 24.0. The molecule has 0 spiro atoms. The molecule has 2 N–H and O–H groups in total. The van der Waals surface area contributed by atoms with Crippen molar-refractivity contribution in [2.24, 2.45) is 0 Å². The largest absolute Gasteiger partial charge is 0.325 e. The van der Waals surface area contributed by atoms with E-state index >= 15 is 0 Å². The number of amides is 2. The van der Waals surface area contributed by atoms with E-state index in [1.165, 1.54) is 30.0 Å². The van der Waals surface area contributed by atoms with Crippen LogP contribution in [0.2, 0.25) is 0 Å². The third-order valence-electron chi connectivity index (χ3n) is 3.20. The number of thioether (sulfide) groups is 1. The predicted octanol–water partition coefficient (Wildman–Crippen LogP) is 4.42. The van der Waals surface area contributed by atoms with E-state index in [1.807, 2.05) is 12.1 Å². The van der Waals surface area contributed by atoms with E-state index in [2.05, 4.69) is 36.8 Å². The molecule has 138 valence electrons. The minimum atomic E-state index is -0.612. The second-order valence-electron chi connectivity index (χ2n) is 5.15. The lowest BCUT2D eigenvalue weighted by Gasteiger charge is -2.03. The number of carbonyl (C=O) groups is 2. The van der Waals surface area contributed by atoms with Crippen molar-refractivity contribution in [2.75, 3.05) is 16.4 Å². The van der Waals surface area contributed by atoms with Gasteiger partial charge in [0, 0.05) is 10.2 Å². The van der Waals surface area contributed by atoms with Gasteiger partial charge in [-0.1, -0.05) is 51.2 Å². The summed E-state index contributed by atoms with van der Waals surface area (Å²) in [6.45, 7) is 0. The highest BCUT2D eigenvalue weighted by molar-refractivity contribution is 9.10. The van der Waals surface area contributed by atoms with Crippen molar-refractivity contribution in [3.63, 3.8) is 0 Å². The lowest BCUT2D eigenvalue weighted by atomic mass is 10.2. The normalized spacial score (nSPS) is 10.4. The summed E-state index contributed by atoms with van der Waals surface area (Å²) in [5, 5.41) is 13.3. The van der Waals surface area contributed by atoms with Crippen molar-refractivity contribution in [1.82, 2.24) is 10.2 Å². The van der Waals surface area contributed by atoms with Crippen molar-refractivity contribution in [3.05, 3.63) is 64.4 Å². The number of anilines is 2. The molecule has 0 fully saturated rings. The number of hydrogen-bond donors (Lipinski definition) is 2. The molecular weight excluding hydrogens is 455 g/mol. The summed E-state index contributed by atoms with van der Waals surface area (Å²) in [5.41, 5.74) is 0.620. The van der Waals surface area contributed by atoms with Crippen LogP contribution in [0.3, 0.4) is 0 Å². The summed E-state index contributed by atoms with van der Waals surface area (Å²) in [7, 11) is 0. The average Bonchev–Trinajstić information content (AvgIpc) is 3.09. The summed E-state index contributed by atoms with van der Waals surface area (Å²) >= 11 is 5.64. The zero-order valence-corrected chi connectivity index (χ0v) is 16.8. The summed E-state index contributed by atoms with van der Waals surface area (Å²) < 4.78 is 15.1. The molecule has 1 aromatic heterocycles. The fourth-order valence-corrected chi connectivity index (χ4v) is 3.80. The molecule has 2 amide bonds. The van der Waals surface area contributed by atoms with E-state index in [1.54, 1.807) is 18.2 Å². The van der Waals surface area contributed by atoms with Gasteiger partial charge in [-0.05, 0) is 36.4 Å². The Kier molecular flexibility index (Phi) is 6.54. The van der Waals surface area contributed by atoms with Crippen LogP contribution in [-0.4, -0.2) is 27.8 Å². The molecule has 2 aromatic carbocycles. The van der Waals surface area contributed by atoms with Gasteiger partial charge in [0.15, 0.2) is 4.34 Å². The topological polar surface area (TPSA) is 84.0 Å². The Morgan fingerprint density at radius 1 is 1.07 bits per heavy atom. The summed E-state index contributed by atoms with van der Waals surface area (Å²) in [5.74, 6) is -1.26. The smallest absolute Gasteiger partial charge is 0.260 e. The minimum absolute atomic E-state index is 0.0734. The Morgan fingerprint density at radius 3 is 2.56 bits per heavy atom. The quantitative estimate of drug-likeness (QED) is 0.414. The number of halogens is 2. The predicted molar refractivity (Wildman–Crippen MR) is 108 cm³/mol. The Balaban J connectivity index is 1.52. The van der Waals surface area contributed by atoms with Crippen LogP contribution in [0.5, 0.6) is 0 Å². The van der Waals surface area contributed by atoms with Crippen LogP contribution in [0.25, 0.3) is 0 Å². The average molecular weight is 467 g/mol. The van der Waals surface area contributed by atoms with Crippen LogP contribution in [0.1, 0.15) is 10.4 Å². The van der Waals surface area contributed by atoms with E-state index in [0.717, 1.165) is 15.8 Å². The fourth-order valence-electron chi connectivity index (χ4n) is 1.99. The van der Waals surface area contributed by atoms with Gasteiger partial charge in [0.1, 0.15) is 5.82 Å². The van der Waals surface area contributed by atoms with Crippen molar-refractivity contribution in [1.29, 1.82) is 0 Å². The molecule has 10 heteroatoms. The molecule has 0 atom stereocenters. The van der Waals surface area contributed by atoms with Crippen molar-refractivity contribution in [2.45, 2.75) is 4.34 Å². The molecule has 0 aliphatic rings. The standard InChI is InChI=1S/C17H12BrFN4O2S2/c18-10-5-7-11(8-6-10)20-14(24)9-26-17-23-22-16(27-17)21-15(25)12-3-1-2-4-13(12)19/h1-8H,9H2,(H,20,24)(H,21,22,25). The maximum Gasteiger partial charge on any atom is 0.260 e. The lowest BCUT2D eigenvalue weighted by Crippen LogP contribution is -2.13. The molecule has 0 radical (unpaired) electrons. The van der Waals surface area contributed by atoms with Gasteiger partial charge in [0.2, 0.25) is 11.0 Å². The van der Waals surface area contributed by atoms with Gasteiger partial charge >= 0.3 is 0 Å². The molecule has 3 aromatic rings. The third-order valence-corrected chi connectivity index (χ3v) is 5.70. The SMILES string of the molecule is O=C(CSc1nnc(NC(=O)c2ccccc2F)s1)Nc1ccc(Br)cc1. The van der Waals surface area contributed by atoms with Crippen LogP contribution in [-0.2, 0) is 4.79 Å². The van der Waals surface area contributed by atoms with Crippen LogP contribution >= 0.6 is 39.0 Å². The van der Waals surface area contributed by atoms with Gasteiger partial charge in [-0.2, -0.15) is 0 Å². The number of nitrogens with zero attached hydrogens (tertiary/aromatic N) is 2. The molecule has 0 aliphatic carbocycles. The first-order valence-corrected chi connectivity index (χ1v) is 10.2. The minimum Gasteiger partial charge on any atom is -0.325 e. The monoisotopic (exact) mass is 466 g/mol. The number of rotatable bonds is 6. The number of benzene rings is 2. The molecule has 0 aliphatic heterocycles. The zero-order chi connectivity index (χ0) is 19.2. The Hall–Kier alpha value is -2.30. The van der Waals surface area contributed by atoms with Crippen LogP contribution in [0.4, 0.5) is 15.2 Å². The van der Waals surface area contributed by atoms with E-state index in [-0.39, 0.29) is 22.4 Å².